The van der Waals surface area contributed by atoms with E-state index in [-0.39, 0.29) is 7.25 Å². The van der Waals surface area contributed by atoms with Crippen LogP contribution in [-0.4, -0.2) is 32.0 Å². The van der Waals surface area contributed by atoms with Gasteiger partial charge in [0.15, 0.2) is 0 Å². The summed E-state index contributed by atoms with van der Waals surface area (Å²) in [5.74, 6) is -1.74. The molecule has 2 aliphatic carbocycles. The maximum atomic E-state index is 8.96. The van der Waals surface area contributed by atoms with Crippen molar-refractivity contribution < 1.29 is 15.6 Å². The Bertz CT molecular complexity index is 2320. The van der Waals surface area contributed by atoms with Crippen LogP contribution in [-0.2, 0) is 15.6 Å². The van der Waals surface area contributed by atoms with Crippen molar-refractivity contribution >= 4 is 73.1 Å². The van der Waals surface area contributed by atoms with Crippen LogP contribution in [0.2, 0.25) is 52.4 Å². The Hall–Kier alpha value is -2.71. The summed E-state index contributed by atoms with van der Waals surface area (Å²) >= 11 is -5.04. The monoisotopic (exact) mass is 847 g/mol. The standard InChI is InChI=1S/2C21H20NSi.C2H7Si.2ClH.Zr/c2*1-23(2,3)19-13-16-9-10-17(12-18(16)14-19)20-8-4-6-15-7-5-11-22-21(15)20;1-3-2;;;/h2*4-14H,1-3H3;3H,1-2H3;2*1H;/q;;;;;+2/p-2. The van der Waals surface area contributed by atoms with Crippen molar-refractivity contribution in [1.29, 1.82) is 0 Å². The molecule has 0 aliphatic heterocycles. The zero-order chi connectivity index (χ0) is 36.8. The van der Waals surface area contributed by atoms with Crippen LogP contribution in [0, 0.1) is 0 Å². The number of para-hydroxylation sites is 2. The maximum absolute atomic E-state index is 8.96. The van der Waals surface area contributed by atoms with Gasteiger partial charge in [-0.2, -0.15) is 0 Å². The molecule has 0 saturated heterocycles. The quantitative estimate of drug-likeness (QED) is 0.150. The molecule has 0 fully saturated rings. The van der Waals surface area contributed by atoms with Gasteiger partial charge in [-0.05, 0) is 0 Å². The number of benzene rings is 4. The van der Waals surface area contributed by atoms with Gasteiger partial charge < -0.3 is 0 Å². The fraction of sp³-hybridized carbons (Fsp3) is 0.227. The summed E-state index contributed by atoms with van der Waals surface area (Å²) in [5, 5.41) is 5.37. The predicted octanol–water partition coefficient (Wildman–Crippen LogP) is 13.4. The van der Waals surface area contributed by atoms with Crippen molar-refractivity contribution in [1.82, 2.24) is 9.97 Å². The van der Waals surface area contributed by atoms with Crippen LogP contribution in [0.5, 0.6) is 0 Å². The van der Waals surface area contributed by atoms with Crippen LogP contribution in [0.3, 0.4) is 0 Å². The van der Waals surface area contributed by atoms with Gasteiger partial charge in [-0.3, -0.25) is 0 Å². The number of hydrogen-bond donors (Lipinski definition) is 0. The predicted molar refractivity (Wildman–Crippen MR) is 233 cm³/mol. The first kappa shape index (κ1) is 36.3. The molecular weight excluding hydrogens is 803 g/mol. The third-order valence-corrected chi connectivity index (χ3v) is 69.2. The summed E-state index contributed by atoms with van der Waals surface area (Å²) < 4.78 is 0.110. The fourth-order valence-corrected chi connectivity index (χ4v) is 55.8. The molecule has 8 rings (SSSR count). The van der Waals surface area contributed by atoms with E-state index in [4.69, 9.17) is 27.0 Å². The summed E-state index contributed by atoms with van der Waals surface area (Å²) in [6.07, 6.45) is 8.82. The number of hydrogen-bond acceptors (Lipinski definition) is 2. The van der Waals surface area contributed by atoms with Crippen molar-refractivity contribution in [3.63, 3.8) is 0 Å². The van der Waals surface area contributed by atoms with E-state index in [1.165, 1.54) is 43.8 Å². The molecule has 0 saturated carbocycles. The van der Waals surface area contributed by atoms with Crippen LogP contribution < -0.4 is 0 Å². The molecule has 8 heteroatoms. The fourth-order valence-electron chi connectivity index (χ4n) is 9.08. The molecule has 4 aromatic carbocycles. The molecular formula is C44H47Cl2N2Si3Zr. The average molecular weight is 850 g/mol. The molecule has 0 bridgehead atoms. The van der Waals surface area contributed by atoms with E-state index in [0.717, 1.165) is 32.9 Å². The summed E-state index contributed by atoms with van der Waals surface area (Å²) in [7, 11) is 14.1. The molecule has 0 radical (unpaired) electrons. The number of halogens is 2. The van der Waals surface area contributed by atoms with Crippen LogP contribution in [0.15, 0.2) is 120 Å². The van der Waals surface area contributed by atoms with E-state index in [2.05, 4.69) is 149 Å². The normalized spacial score (nSPS) is 18.2. The average Bonchev–Trinajstić information content (AvgIpc) is 3.72. The molecule has 2 aromatic heterocycles. The van der Waals surface area contributed by atoms with Gasteiger partial charge in [0.05, 0.1) is 0 Å². The number of allylic oxidation sites excluding steroid dienone is 2. The third kappa shape index (κ3) is 5.70. The van der Waals surface area contributed by atoms with Crippen LogP contribution >= 0.6 is 17.0 Å². The molecule has 6 aromatic rings. The van der Waals surface area contributed by atoms with Gasteiger partial charge >= 0.3 is 323 Å². The second kappa shape index (κ2) is 12.7. The van der Waals surface area contributed by atoms with E-state index in [1.54, 1.807) is 0 Å². The molecule has 2 nitrogen and oxygen atoms in total. The first-order valence-electron chi connectivity index (χ1n) is 18.5. The van der Waals surface area contributed by atoms with Gasteiger partial charge in [0, 0.05) is 0 Å². The summed E-state index contributed by atoms with van der Waals surface area (Å²) in [4.78, 5) is 9.69. The van der Waals surface area contributed by atoms with Gasteiger partial charge in [-0.15, -0.1) is 0 Å². The molecule has 0 amide bonds. The Morgan fingerprint density at radius 2 is 0.962 bits per heavy atom. The molecule has 52 heavy (non-hydrogen) atoms. The molecule has 2 aliphatic rings. The van der Waals surface area contributed by atoms with Gasteiger partial charge in [0.25, 0.3) is 0 Å². The van der Waals surface area contributed by atoms with Crippen molar-refractivity contribution in [2.75, 3.05) is 0 Å². The number of fused-ring (bicyclic) bond motifs is 4. The third-order valence-electron chi connectivity index (χ3n) is 11.9. The van der Waals surface area contributed by atoms with Gasteiger partial charge in [0.2, 0.25) is 0 Å². The number of aromatic nitrogens is 2. The second-order valence-corrected chi connectivity index (χ2v) is 70.1. The Balaban J connectivity index is 1.38. The first-order chi connectivity index (χ1) is 24.6. The summed E-state index contributed by atoms with van der Waals surface area (Å²) in [5.41, 5.74) is 12.0. The van der Waals surface area contributed by atoms with Gasteiger partial charge in [0.1, 0.15) is 0 Å². The van der Waals surface area contributed by atoms with E-state index in [1.807, 2.05) is 24.5 Å². The second-order valence-electron chi connectivity index (χ2n) is 17.4. The molecule has 263 valence electrons. The van der Waals surface area contributed by atoms with Crippen LogP contribution in [0.1, 0.15) is 29.5 Å². The van der Waals surface area contributed by atoms with E-state index >= 15 is 0 Å². The first-order valence-corrected chi connectivity index (χ1v) is 41.9. The van der Waals surface area contributed by atoms with Crippen LogP contribution in [0.25, 0.3) is 56.2 Å². The van der Waals surface area contributed by atoms with Crippen molar-refractivity contribution in [3.8, 4) is 22.3 Å². The molecule has 2 unspecified atom stereocenters. The Morgan fingerprint density at radius 3 is 1.35 bits per heavy atom. The molecule has 2 heterocycles. The molecule has 2 atom stereocenters. The minimum atomic E-state index is -5.04. The summed E-state index contributed by atoms with van der Waals surface area (Å²) in [6, 6.07) is 35.5. The van der Waals surface area contributed by atoms with E-state index in [9.17, 15) is 0 Å². The Kier molecular flexibility index (Phi) is 8.85. The number of nitrogens with zero attached hydrogens (tertiary/aromatic N) is 2. The summed E-state index contributed by atoms with van der Waals surface area (Å²) in [6.45, 7) is 19.9. The zero-order valence-corrected chi connectivity index (χ0v) is 38.6. The van der Waals surface area contributed by atoms with Crippen LogP contribution in [0.4, 0.5) is 0 Å². The molecule has 0 spiro atoms. The molecule has 0 N–H and O–H groups in total. The van der Waals surface area contributed by atoms with E-state index < -0.39 is 37.6 Å². The minimum absolute atomic E-state index is 0.0552. The van der Waals surface area contributed by atoms with Crippen molar-refractivity contribution in [2.24, 2.45) is 0 Å². The van der Waals surface area contributed by atoms with Gasteiger partial charge in [-0.1, -0.05) is 0 Å². The SMILES string of the molecule is C[SiH](C)[Zr]([Cl])([Cl])([CH]1C([Si](C)(C)C)=Cc2ccc(-c3cccc4cccnc34)cc21)[CH]1C([Si](C)(C)C)=Cc2ccc(-c3cccc4cccnc34)cc21. The van der Waals surface area contributed by atoms with Gasteiger partial charge in [-0.25, -0.2) is 0 Å². The topological polar surface area (TPSA) is 25.8 Å². The zero-order valence-electron chi connectivity index (χ0n) is 31.4. The number of rotatable bonds is 7. The Morgan fingerprint density at radius 1 is 0.558 bits per heavy atom. The van der Waals surface area contributed by atoms with E-state index in [0.29, 0.717) is 0 Å². The van der Waals surface area contributed by atoms with Crippen molar-refractivity contribution in [2.45, 2.75) is 59.6 Å². The Labute approximate surface area is 319 Å². The number of pyridine rings is 2. The van der Waals surface area contributed by atoms with Crippen molar-refractivity contribution in [3.05, 3.63) is 142 Å².